The number of aromatic amines is 1. The fraction of sp³-hybridized carbons (Fsp3) is 0.200. The molecule has 0 bridgehead atoms. The van der Waals surface area contributed by atoms with E-state index in [-0.39, 0.29) is 0 Å². The van der Waals surface area contributed by atoms with Crippen molar-refractivity contribution in [1.82, 2.24) is 10.2 Å². The first-order valence-corrected chi connectivity index (χ1v) is 4.44. The normalized spacial score (nSPS) is 9.93. The van der Waals surface area contributed by atoms with E-state index < -0.39 is 0 Å². The van der Waals surface area contributed by atoms with Gasteiger partial charge < -0.3 is 5.32 Å². The summed E-state index contributed by atoms with van der Waals surface area (Å²) in [6, 6.07) is 8.05. The van der Waals surface area contributed by atoms with Crippen molar-refractivity contribution >= 4 is 16.6 Å². The number of nitrogens with one attached hydrogen (secondary N) is 2. The number of benzene rings is 1. The summed E-state index contributed by atoms with van der Waals surface area (Å²) < 4.78 is 0. The molecule has 0 spiro atoms. The smallest absolute Gasteiger partial charge is 0.0670 e. The fourth-order valence-corrected chi connectivity index (χ4v) is 1.31. The zero-order valence-electron chi connectivity index (χ0n) is 7.62. The Morgan fingerprint density at radius 2 is 2.43 bits per heavy atom. The van der Waals surface area contributed by atoms with Crippen molar-refractivity contribution in [3.63, 3.8) is 0 Å². The summed E-state index contributed by atoms with van der Waals surface area (Å²) in [6.45, 7) is 0.677. The number of nitrogens with zero attached hydrogens (tertiary/aromatic N) is 2. The molecule has 0 aliphatic rings. The van der Waals surface area contributed by atoms with E-state index in [0.717, 1.165) is 16.6 Å². The fourth-order valence-electron chi connectivity index (χ4n) is 1.31. The standard InChI is InChI=1S/C10H10N4/c11-4-1-5-12-9-3-2-8-7-13-14-10(8)6-9/h2-3,6-7,12H,1,5H2,(H,13,14). The van der Waals surface area contributed by atoms with Gasteiger partial charge in [-0.25, -0.2) is 0 Å². The average molecular weight is 186 g/mol. The molecule has 0 saturated heterocycles. The van der Waals surface area contributed by atoms with E-state index in [1.54, 1.807) is 6.20 Å². The number of nitriles is 1. The molecule has 0 saturated carbocycles. The number of anilines is 1. The third-order valence-corrected chi connectivity index (χ3v) is 2.01. The van der Waals surface area contributed by atoms with Gasteiger partial charge >= 0.3 is 0 Å². The van der Waals surface area contributed by atoms with Crippen LogP contribution in [-0.2, 0) is 0 Å². The van der Waals surface area contributed by atoms with Gasteiger partial charge in [0.2, 0.25) is 0 Å². The quantitative estimate of drug-likeness (QED) is 0.719. The highest BCUT2D eigenvalue weighted by atomic mass is 15.1. The van der Waals surface area contributed by atoms with Gasteiger partial charge in [-0.15, -0.1) is 0 Å². The summed E-state index contributed by atoms with van der Waals surface area (Å²) in [5, 5.41) is 19.5. The van der Waals surface area contributed by atoms with Crippen molar-refractivity contribution in [2.24, 2.45) is 0 Å². The summed E-state index contributed by atoms with van der Waals surface area (Å²) in [6.07, 6.45) is 2.30. The van der Waals surface area contributed by atoms with Gasteiger partial charge in [0.15, 0.2) is 0 Å². The van der Waals surface area contributed by atoms with Gasteiger partial charge in [0.05, 0.1) is 24.2 Å². The van der Waals surface area contributed by atoms with E-state index in [0.29, 0.717) is 13.0 Å². The first-order chi connectivity index (χ1) is 6.90. The Balaban J connectivity index is 2.14. The first kappa shape index (κ1) is 8.57. The van der Waals surface area contributed by atoms with E-state index in [9.17, 15) is 0 Å². The Kier molecular flexibility index (Phi) is 2.32. The number of hydrogen-bond acceptors (Lipinski definition) is 3. The Morgan fingerprint density at radius 3 is 3.29 bits per heavy atom. The molecule has 4 nitrogen and oxygen atoms in total. The second kappa shape index (κ2) is 3.79. The minimum Gasteiger partial charge on any atom is -0.384 e. The Labute approximate surface area is 81.5 Å². The molecule has 1 heterocycles. The van der Waals surface area contributed by atoms with Gasteiger partial charge in [-0.2, -0.15) is 10.4 Å². The maximum atomic E-state index is 8.38. The molecule has 0 amide bonds. The van der Waals surface area contributed by atoms with Crippen molar-refractivity contribution in [2.45, 2.75) is 6.42 Å². The molecule has 0 aliphatic carbocycles. The van der Waals surface area contributed by atoms with Gasteiger partial charge in [-0.05, 0) is 18.2 Å². The molecule has 2 N–H and O–H groups in total. The van der Waals surface area contributed by atoms with Crippen LogP contribution in [0, 0.1) is 11.3 Å². The van der Waals surface area contributed by atoms with Crippen LogP contribution in [0.5, 0.6) is 0 Å². The molecule has 2 rings (SSSR count). The molecule has 2 aromatic rings. The van der Waals surface area contributed by atoms with Gasteiger partial charge in [-0.3, -0.25) is 5.10 Å². The van der Waals surface area contributed by atoms with E-state index in [4.69, 9.17) is 5.26 Å². The number of hydrogen-bond donors (Lipinski definition) is 2. The van der Waals surface area contributed by atoms with Crippen LogP contribution in [0.2, 0.25) is 0 Å². The summed E-state index contributed by atoms with van der Waals surface area (Å²) in [5.74, 6) is 0. The van der Waals surface area contributed by atoms with Crippen LogP contribution in [0.3, 0.4) is 0 Å². The summed E-state index contributed by atoms with van der Waals surface area (Å²) in [7, 11) is 0. The van der Waals surface area contributed by atoms with Gasteiger partial charge in [0.1, 0.15) is 0 Å². The third-order valence-electron chi connectivity index (χ3n) is 2.01. The highest BCUT2D eigenvalue weighted by molar-refractivity contribution is 5.81. The monoisotopic (exact) mass is 186 g/mol. The molecule has 0 fully saturated rings. The van der Waals surface area contributed by atoms with Crippen molar-refractivity contribution in [1.29, 1.82) is 5.26 Å². The Bertz CT molecular complexity index is 466. The lowest BCUT2D eigenvalue weighted by Crippen LogP contribution is -1.99. The minimum atomic E-state index is 0.515. The Morgan fingerprint density at radius 1 is 1.50 bits per heavy atom. The predicted octanol–water partition coefficient (Wildman–Crippen LogP) is 1.89. The molecule has 14 heavy (non-hydrogen) atoms. The van der Waals surface area contributed by atoms with Crippen LogP contribution in [0.15, 0.2) is 24.4 Å². The lowest BCUT2D eigenvalue weighted by Gasteiger charge is -2.02. The molecular weight excluding hydrogens is 176 g/mol. The van der Waals surface area contributed by atoms with Crippen LogP contribution in [0.25, 0.3) is 10.9 Å². The Hall–Kier alpha value is -2.02. The molecule has 4 heteroatoms. The highest BCUT2D eigenvalue weighted by Crippen LogP contribution is 2.16. The highest BCUT2D eigenvalue weighted by Gasteiger charge is 1.96. The van der Waals surface area contributed by atoms with Gasteiger partial charge in [0.25, 0.3) is 0 Å². The second-order valence-electron chi connectivity index (χ2n) is 3.01. The van der Waals surface area contributed by atoms with Gasteiger partial charge in [-0.1, -0.05) is 0 Å². The maximum Gasteiger partial charge on any atom is 0.0670 e. The lowest BCUT2D eigenvalue weighted by molar-refractivity contribution is 1.07. The molecule has 0 aliphatic heterocycles. The van der Waals surface area contributed by atoms with Crippen molar-refractivity contribution in [2.75, 3.05) is 11.9 Å². The maximum absolute atomic E-state index is 8.38. The number of aromatic nitrogens is 2. The van der Waals surface area contributed by atoms with E-state index >= 15 is 0 Å². The summed E-state index contributed by atoms with van der Waals surface area (Å²) in [4.78, 5) is 0. The van der Waals surface area contributed by atoms with Crippen molar-refractivity contribution in [3.05, 3.63) is 24.4 Å². The molecule has 70 valence electrons. The second-order valence-corrected chi connectivity index (χ2v) is 3.01. The van der Waals surface area contributed by atoms with Crippen LogP contribution in [0.4, 0.5) is 5.69 Å². The average Bonchev–Trinajstić information content (AvgIpc) is 2.65. The number of fused-ring (bicyclic) bond motifs is 1. The van der Waals surface area contributed by atoms with Crippen LogP contribution in [0.1, 0.15) is 6.42 Å². The van der Waals surface area contributed by atoms with E-state index in [1.807, 2.05) is 18.2 Å². The van der Waals surface area contributed by atoms with Crippen LogP contribution < -0.4 is 5.32 Å². The van der Waals surface area contributed by atoms with Gasteiger partial charge in [0, 0.05) is 17.6 Å². The van der Waals surface area contributed by atoms with Crippen LogP contribution >= 0.6 is 0 Å². The molecule has 0 unspecified atom stereocenters. The molecule has 1 aromatic heterocycles. The first-order valence-electron chi connectivity index (χ1n) is 4.44. The predicted molar refractivity (Wildman–Crippen MR) is 54.8 cm³/mol. The van der Waals surface area contributed by atoms with Crippen molar-refractivity contribution < 1.29 is 0 Å². The zero-order chi connectivity index (χ0) is 9.80. The molecule has 1 aromatic carbocycles. The topological polar surface area (TPSA) is 64.5 Å². The SMILES string of the molecule is N#CCCNc1ccc2cn[nH]c2c1. The summed E-state index contributed by atoms with van der Waals surface area (Å²) >= 11 is 0. The molecule has 0 atom stereocenters. The molecule has 0 radical (unpaired) electrons. The third kappa shape index (κ3) is 1.67. The van der Waals surface area contributed by atoms with Crippen LogP contribution in [-0.4, -0.2) is 16.7 Å². The summed E-state index contributed by atoms with van der Waals surface area (Å²) in [5.41, 5.74) is 2.02. The number of H-pyrrole nitrogens is 1. The minimum absolute atomic E-state index is 0.515. The lowest BCUT2D eigenvalue weighted by atomic mass is 10.2. The zero-order valence-corrected chi connectivity index (χ0v) is 7.62. The molecular formula is C10H10N4. The largest absolute Gasteiger partial charge is 0.384 e. The van der Waals surface area contributed by atoms with E-state index in [1.165, 1.54) is 0 Å². The number of rotatable bonds is 3. The van der Waals surface area contributed by atoms with E-state index in [2.05, 4.69) is 21.6 Å². The van der Waals surface area contributed by atoms with Crippen molar-refractivity contribution in [3.8, 4) is 6.07 Å².